The third kappa shape index (κ3) is 5.21. The van der Waals surface area contributed by atoms with Crippen LogP contribution in [0.25, 0.3) is 6.08 Å². The number of piperidine rings is 1. The minimum absolute atomic E-state index is 0.0626. The molecule has 1 aromatic carbocycles. The number of carbonyl (C=O) groups is 2. The first-order valence-corrected chi connectivity index (χ1v) is 7.91. The summed E-state index contributed by atoms with van der Waals surface area (Å²) in [6.45, 7) is 3.18. The minimum atomic E-state index is -0.310. The first-order chi connectivity index (χ1) is 11.0. The summed E-state index contributed by atoms with van der Waals surface area (Å²) in [6.07, 6.45) is 4.15. The Kier molecular flexibility index (Phi) is 5.93. The average Bonchev–Trinajstić information content (AvgIpc) is 2.53. The van der Waals surface area contributed by atoms with Crippen molar-refractivity contribution in [2.75, 3.05) is 26.7 Å². The number of rotatable bonds is 4. The fourth-order valence-electron chi connectivity index (χ4n) is 2.56. The molecule has 2 rings (SSSR count). The van der Waals surface area contributed by atoms with Crippen molar-refractivity contribution < 1.29 is 14.7 Å². The zero-order valence-electron chi connectivity index (χ0n) is 13.7. The molecule has 1 heterocycles. The van der Waals surface area contributed by atoms with Crippen LogP contribution in [-0.2, 0) is 9.59 Å². The third-order valence-corrected chi connectivity index (χ3v) is 4.03. The van der Waals surface area contributed by atoms with Crippen molar-refractivity contribution in [2.24, 2.45) is 0 Å². The maximum absolute atomic E-state index is 12.2. The molecule has 1 aliphatic heterocycles. The van der Waals surface area contributed by atoms with E-state index in [1.807, 2.05) is 31.2 Å². The van der Waals surface area contributed by atoms with Crippen molar-refractivity contribution in [1.29, 1.82) is 0 Å². The molecule has 0 aliphatic carbocycles. The largest absolute Gasteiger partial charge is 0.393 e. The summed E-state index contributed by atoms with van der Waals surface area (Å²) in [7, 11) is 1.62. The summed E-state index contributed by atoms with van der Waals surface area (Å²) in [5.74, 6) is -0.270. The van der Waals surface area contributed by atoms with Crippen LogP contribution in [0.4, 0.5) is 0 Å². The lowest BCUT2D eigenvalue weighted by molar-refractivity contribution is -0.138. The van der Waals surface area contributed by atoms with Crippen molar-refractivity contribution in [3.8, 4) is 0 Å². The number of aryl methyl sites for hydroxylation is 1. The zero-order valence-corrected chi connectivity index (χ0v) is 13.7. The molecule has 0 saturated carbocycles. The summed E-state index contributed by atoms with van der Waals surface area (Å²) in [6, 6.07) is 7.87. The molecular weight excluding hydrogens is 292 g/mol. The van der Waals surface area contributed by atoms with Crippen LogP contribution in [0.5, 0.6) is 0 Å². The second kappa shape index (κ2) is 7.92. The number of aliphatic hydroxyl groups is 1. The Balaban J connectivity index is 1.86. The molecule has 23 heavy (non-hydrogen) atoms. The van der Waals surface area contributed by atoms with Gasteiger partial charge in [0.15, 0.2) is 0 Å². The van der Waals surface area contributed by atoms with Crippen molar-refractivity contribution in [3.63, 3.8) is 0 Å². The van der Waals surface area contributed by atoms with Crippen LogP contribution < -0.4 is 0 Å². The van der Waals surface area contributed by atoms with Crippen LogP contribution in [0, 0.1) is 6.92 Å². The van der Waals surface area contributed by atoms with E-state index in [2.05, 4.69) is 0 Å². The van der Waals surface area contributed by atoms with E-state index in [1.54, 1.807) is 18.0 Å². The predicted octanol–water partition coefficient (Wildman–Crippen LogP) is 1.45. The Morgan fingerprint density at radius 1 is 1.35 bits per heavy atom. The summed E-state index contributed by atoms with van der Waals surface area (Å²) >= 11 is 0. The number of aliphatic hydroxyl groups excluding tert-OH is 1. The van der Waals surface area contributed by atoms with Gasteiger partial charge in [-0.1, -0.05) is 29.8 Å². The fraction of sp³-hybridized carbons (Fsp3) is 0.444. The van der Waals surface area contributed by atoms with Crippen LogP contribution in [-0.4, -0.2) is 59.5 Å². The van der Waals surface area contributed by atoms with E-state index < -0.39 is 0 Å². The van der Waals surface area contributed by atoms with Crippen LogP contribution in [0.1, 0.15) is 24.0 Å². The van der Waals surface area contributed by atoms with Gasteiger partial charge < -0.3 is 14.9 Å². The summed E-state index contributed by atoms with van der Waals surface area (Å²) in [5, 5.41) is 9.46. The van der Waals surface area contributed by atoms with Crippen molar-refractivity contribution in [3.05, 3.63) is 41.5 Å². The van der Waals surface area contributed by atoms with Crippen molar-refractivity contribution >= 4 is 17.9 Å². The van der Waals surface area contributed by atoms with E-state index >= 15 is 0 Å². The first kappa shape index (κ1) is 17.2. The van der Waals surface area contributed by atoms with E-state index in [1.165, 1.54) is 11.0 Å². The van der Waals surface area contributed by atoms with Gasteiger partial charge in [-0.05, 0) is 31.4 Å². The maximum Gasteiger partial charge on any atom is 0.246 e. The molecule has 1 fully saturated rings. The topological polar surface area (TPSA) is 60.9 Å². The highest BCUT2D eigenvalue weighted by molar-refractivity contribution is 5.94. The average molecular weight is 316 g/mol. The fourth-order valence-corrected chi connectivity index (χ4v) is 2.56. The lowest BCUT2D eigenvalue weighted by Crippen LogP contribution is -2.45. The van der Waals surface area contributed by atoms with Crippen molar-refractivity contribution in [2.45, 2.75) is 25.9 Å². The number of hydrogen-bond acceptors (Lipinski definition) is 3. The van der Waals surface area contributed by atoms with Crippen molar-refractivity contribution in [1.82, 2.24) is 9.80 Å². The Bertz CT molecular complexity index is 590. The molecule has 1 N–H and O–H groups in total. The molecule has 1 saturated heterocycles. The van der Waals surface area contributed by atoms with E-state index in [-0.39, 0.29) is 24.5 Å². The van der Waals surface area contributed by atoms with Gasteiger partial charge in [0.25, 0.3) is 0 Å². The number of likely N-dealkylation sites (tertiary alicyclic amines) is 1. The van der Waals surface area contributed by atoms with E-state index in [4.69, 9.17) is 0 Å². The molecule has 0 bridgehead atoms. The van der Waals surface area contributed by atoms with Gasteiger partial charge in [-0.2, -0.15) is 0 Å². The summed E-state index contributed by atoms with van der Waals surface area (Å²) < 4.78 is 0. The highest BCUT2D eigenvalue weighted by Crippen LogP contribution is 2.10. The quantitative estimate of drug-likeness (QED) is 0.855. The Morgan fingerprint density at radius 3 is 2.70 bits per heavy atom. The first-order valence-electron chi connectivity index (χ1n) is 7.91. The molecule has 5 heteroatoms. The molecule has 1 aliphatic rings. The Labute approximate surface area is 137 Å². The standard InChI is InChI=1S/C18H24N2O3/c1-14-4-3-5-15(12-14)6-7-17(22)19(2)13-18(23)20-10-8-16(21)9-11-20/h3-7,12,16,21H,8-11,13H2,1-2H3/b7-6+. The molecule has 5 nitrogen and oxygen atoms in total. The smallest absolute Gasteiger partial charge is 0.246 e. The van der Waals surface area contributed by atoms with Crippen LogP contribution >= 0.6 is 0 Å². The van der Waals surface area contributed by atoms with Gasteiger partial charge in [0, 0.05) is 26.2 Å². The van der Waals surface area contributed by atoms with E-state index in [0.29, 0.717) is 25.9 Å². The monoisotopic (exact) mass is 316 g/mol. The number of nitrogens with zero attached hydrogens (tertiary/aromatic N) is 2. The van der Waals surface area contributed by atoms with Crippen LogP contribution in [0.2, 0.25) is 0 Å². The number of benzene rings is 1. The lowest BCUT2D eigenvalue weighted by Gasteiger charge is -2.30. The third-order valence-electron chi connectivity index (χ3n) is 4.03. The van der Waals surface area contributed by atoms with E-state index in [9.17, 15) is 14.7 Å². The predicted molar refractivity (Wildman–Crippen MR) is 89.7 cm³/mol. The second-order valence-electron chi connectivity index (χ2n) is 6.05. The Hall–Kier alpha value is -2.14. The van der Waals surface area contributed by atoms with Gasteiger partial charge >= 0.3 is 0 Å². The van der Waals surface area contributed by atoms with Gasteiger partial charge in [0.05, 0.1) is 12.6 Å². The highest BCUT2D eigenvalue weighted by atomic mass is 16.3. The molecular formula is C18H24N2O3. The van der Waals surface area contributed by atoms with Gasteiger partial charge in [-0.3, -0.25) is 9.59 Å². The Morgan fingerprint density at radius 2 is 2.04 bits per heavy atom. The molecule has 0 radical (unpaired) electrons. The molecule has 2 amide bonds. The summed E-state index contributed by atoms with van der Waals surface area (Å²) in [4.78, 5) is 27.4. The molecule has 124 valence electrons. The molecule has 0 atom stereocenters. The molecule has 1 aromatic rings. The minimum Gasteiger partial charge on any atom is -0.393 e. The number of hydrogen-bond donors (Lipinski definition) is 1. The number of amides is 2. The lowest BCUT2D eigenvalue weighted by atomic mass is 10.1. The van der Waals surface area contributed by atoms with Crippen LogP contribution in [0.15, 0.2) is 30.3 Å². The molecule has 0 spiro atoms. The zero-order chi connectivity index (χ0) is 16.8. The molecule has 0 unspecified atom stereocenters. The second-order valence-corrected chi connectivity index (χ2v) is 6.05. The highest BCUT2D eigenvalue weighted by Gasteiger charge is 2.22. The van der Waals surface area contributed by atoms with E-state index in [0.717, 1.165) is 11.1 Å². The number of likely N-dealkylation sites (N-methyl/N-ethyl adjacent to an activating group) is 1. The van der Waals surface area contributed by atoms with Gasteiger partial charge in [0.2, 0.25) is 11.8 Å². The van der Waals surface area contributed by atoms with Crippen LogP contribution in [0.3, 0.4) is 0 Å². The normalized spacial score (nSPS) is 15.9. The summed E-state index contributed by atoms with van der Waals surface area (Å²) in [5.41, 5.74) is 2.10. The SMILES string of the molecule is Cc1cccc(/C=C/C(=O)N(C)CC(=O)N2CCC(O)CC2)c1. The van der Waals surface area contributed by atoms with Gasteiger partial charge in [-0.15, -0.1) is 0 Å². The van der Waals surface area contributed by atoms with Gasteiger partial charge in [0.1, 0.15) is 0 Å². The van der Waals surface area contributed by atoms with Gasteiger partial charge in [-0.25, -0.2) is 0 Å². The number of carbonyl (C=O) groups excluding carboxylic acids is 2. The maximum atomic E-state index is 12.2. The molecule has 0 aromatic heterocycles.